The molecule has 3 heteroatoms. The lowest BCUT2D eigenvalue weighted by molar-refractivity contribution is 0.738. The highest BCUT2D eigenvalue weighted by atomic mass is 14.6. The van der Waals surface area contributed by atoms with Gasteiger partial charge in [-0.1, -0.05) is 6.07 Å². The molecule has 0 bridgehead atoms. The van der Waals surface area contributed by atoms with Crippen molar-refractivity contribution in [2.75, 3.05) is 5.73 Å². The van der Waals surface area contributed by atoms with Crippen molar-refractivity contribution >= 4 is 5.69 Å². The molecule has 0 radical (unpaired) electrons. The zero-order valence-corrected chi connectivity index (χ0v) is 7.62. The van der Waals surface area contributed by atoms with Crippen LogP contribution in [-0.4, -0.2) is 6.04 Å². The minimum absolute atomic E-state index is 0.118. The van der Waals surface area contributed by atoms with Crippen molar-refractivity contribution in [3.05, 3.63) is 29.3 Å². The van der Waals surface area contributed by atoms with Gasteiger partial charge in [0.1, 0.15) is 6.07 Å². The number of benzene rings is 1. The molecule has 0 aliphatic heterocycles. The molecular formula is C10H13N3. The van der Waals surface area contributed by atoms with Crippen LogP contribution in [0.4, 0.5) is 5.69 Å². The van der Waals surface area contributed by atoms with E-state index in [0.29, 0.717) is 11.3 Å². The Hall–Kier alpha value is -1.53. The predicted octanol–water partition coefficient (Wildman–Crippen LogP) is 1.03. The zero-order chi connectivity index (χ0) is 9.84. The minimum atomic E-state index is 0.118. The van der Waals surface area contributed by atoms with Crippen LogP contribution in [0.15, 0.2) is 18.2 Å². The molecule has 0 heterocycles. The summed E-state index contributed by atoms with van der Waals surface area (Å²) >= 11 is 0. The SMILES string of the molecule is C[C@@H](N)Cc1ccc(C#N)c(N)c1. The molecular weight excluding hydrogens is 162 g/mol. The number of nitrogen functional groups attached to an aromatic ring is 1. The molecule has 1 aromatic rings. The molecule has 1 atom stereocenters. The van der Waals surface area contributed by atoms with E-state index in [1.165, 1.54) is 0 Å². The zero-order valence-electron chi connectivity index (χ0n) is 7.62. The highest BCUT2D eigenvalue weighted by Crippen LogP contribution is 2.13. The molecule has 0 fully saturated rings. The highest BCUT2D eigenvalue weighted by molar-refractivity contribution is 5.55. The van der Waals surface area contributed by atoms with Crippen LogP contribution < -0.4 is 11.5 Å². The minimum Gasteiger partial charge on any atom is -0.398 e. The third-order valence-corrected chi connectivity index (χ3v) is 1.79. The molecule has 4 N–H and O–H groups in total. The summed E-state index contributed by atoms with van der Waals surface area (Å²) in [6.07, 6.45) is 0.788. The fraction of sp³-hybridized carbons (Fsp3) is 0.300. The van der Waals surface area contributed by atoms with Gasteiger partial charge in [0.05, 0.1) is 5.56 Å². The average molecular weight is 175 g/mol. The van der Waals surface area contributed by atoms with Gasteiger partial charge in [-0.3, -0.25) is 0 Å². The Morgan fingerprint density at radius 3 is 2.69 bits per heavy atom. The van der Waals surface area contributed by atoms with Gasteiger partial charge in [0.25, 0.3) is 0 Å². The summed E-state index contributed by atoms with van der Waals surface area (Å²) in [4.78, 5) is 0. The Morgan fingerprint density at radius 2 is 2.23 bits per heavy atom. The van der Waals surface area contributed by atoms with Crippen LogP contribution in [-0.2, 0) is 6.42 Å². The lowest BCUT2D eigenvalue weighted by Gasteiger charge is -2.06. The Morgan fingerprint density at radius 1 is 1.54 bits per heavy atom. The van der Waals surface area contributed by atoms with E-state index in [-0.39, 0.29) is 6.04 Å². The van der Waals surface area contributed by atoms with Gasteiger partial charge in [-0.25, -0.2) is 0 Å². The Bertz CT molecular complexity index is 337. The topological polar surface area (TPSA) is 75.8 Å². The molecule has 13 heavy (non-hydrogen) atoms. The maximum atomic E-state index is 8.64. The first-order chi connectivity index (χ1) is 6.13. The molecule has 1 rings (SSSR count). The number of nitrogens with two attached hydrogens (primary N) is 2. The van der Waals surface area contributed by atoms with Crippen molar-refractivity contribution in [1.29, 1.82) is 5.26 Å². The molecule has 0 saturated carbocycles. The van der Waals surface area contributed by atoms with E-state index in [0.717, 1.165) is 12.0 Å². The summed E-state index contributed by atoms with van der Waals surface area (Å²) in [5.41, 5.74) is 13.4. The van der Waals surface area contributed by atoms with Gasteiger partial charge in [-0.15, -0.1) is 0 Å². The lowest BCUT2D eigenvalue weighted by Crippen LogP contribution is -2.17. The number of rotatable bonds is 2. The van der Waals surface area contributed by atoms with Crippen LogP contribution in [0.1, 0.15) is 18.1 Å². The first kappa shape index (κ1) is 9.56. The van der Waals surface area contributed by atoms with Crippen LogP contribution in [0.25, 0.3) is 0 Å². The Kier molecular flexibility index (Phi) is 2.88. The molecule has 0 aromatic heterocycles. The maximum absolute atomic E-state index is 8.64. The highest BCUT2D eigenvalue weighted by Gasteiger charge is 2.01. The Balaban J connectivity index is 2.91. The van der Waals surface area contributed by atoms with Gasteiger partial charge in [0.15, 0.2) is 0 Å². The van der Waals surface area contributed by atoms with E-state index in [1.807, 2.05) is 25.1 Å². The molecule has 0 aliphatic rings. The number of anilines is 1. The first-order valence-electron chi connectivity index (χ1n) is 4.17. The molecule has 3 nitrogen and oxygen atoms in total. The quantitative estimate of drug-likeness (QED) is 0.659. The van der Waals surface area contributed by atoms with E-state index in [1.54, 1.807) is 6.07 Å². The van der Waals surface area contributed by atoms with Crippen molar-refractivity contribution in [2.45, 2.75) is 19.4 Å². The second-order valence-corrected chi connectivity index (χ2v) is 3.21. The summed E-state index contributed by atoms with van der Waals surface area (Å²) in [7, 11) is 0. The molecule has 0 saturated heterocycles. The van der Waals surface area contributed by atoms with E-state index < -0.39 is 0 Å². The number of hydrogen-bond donors (Lipinski definition) is 2. The molecule has 0 spiro atoms. The van der Waals surface area contributed by atoms with Gasteiger partial charge >= 0.3 is 0 Å². The van der Waals surface area contributed by atoms with Crippen LogP contribution in [0.2, 0.25) is 0 Å². The van der Waals surface area contributed by atoms with Gasteiger partial charge in [-0.2, -0.15) is 5.26 Å². The van der Waals surface area contributed by atoms with E-state index in [9.17, 15) is 0 Å². The van der Waals surface area contributed by atoms with Crippen molar-refractivity contribution < 1.29 is 0 Å². The van der Waals surface area contributed by atoms with E-state index in [4.69, 9.17) is 16.7 Å². The summed E-state index contributed by atoms with van der Waals surface area (Å²) in [5, 5.41) is 8.64. The number of hydrogen-bond acceptors (Lipinski definition) is 3. The fourth-order valence-electron chi connectivity index (χ4n) is 1.21. The van der Waals surface area contributed by atoms with Crippen LogP contribution in [0.3, 0.4) is 0 Å². The lowest BCUT2D eigenvalue weighted by atomic mass is 10.0. The molecule has 0 unspecified atom stereocenters. The van der Waals surface area contributed by atoms with Gasteiger partial charge in [-0.05, 0) is 31.0 Å². The summed E-state index contributed by atoms with van der Waals surface area (Å²) in [6, 6.07) is 7.56. The largest absolute Gasteiger partial charge is 0.398 e. The van der Waals surface area contributed by atoms with Crippen molar-refractivity contribution in [3.8, 4) is 6.07 Å². The number of nitrogens with zero attached hydrogens (tertiary/aromatic N) is 1. The van der Waals surface area contributed by atoms with Gasteiger partial charge in [0.2, 0.25) is 0 Å². The standard InChI is InChI=1S/C10H13N3/c1-7(12)4-8-2-3-9(6-11)10(13)5-8/h2-3,5,7H,4,12-13H2,1H3/t7-/m1/s1. The van der Waals surface area contributed by atoms with Crippen LogP contribution in [0, 0.1) is 11.3 Å². The van der Waals surface area contributed by atoms with E-state index in [2.05, 4.69) is 0 Å². The average Bonchev–Trinajstić information content (AvgIpc) is 2.03. The number of nitriles is 1. The second kappa shape index (κ2) is 3.92. The van der Waals surface area contributed by atoms with Crippen molar-refractivity contribution in [1.82, 2.24) is 0 Å². The third-order valence-electron chi connectivity index (χ3n) is 1.79. The predicted molar refractivity (Wildman–Crippen MR) is 52.9 cm³/mol. The molecule has 0 amide bonds. The normalized spacial score (nSPS) is 12.1. The Labute approximate surface area is 78.0 Å². The van der Waals surface area contributed by atoms with Crippen LogP contribution in [0.5, 0.6) is 0 Å². The fourth-order valence-corrected chi connectivity index (χ4v) is 1.21. The smallest absolute Gasteiger partial charge is 0.101 e. The molecule has 1 aromatic carbocycles. The summed E-state index contributed by atoms with van der Waals surface area (Å²) in [5.74, 6) is 0. The van der Waals surface area contributed by atoms with E-state index >= 15 is 0 Å². The third kappa shape index (κ3) is 2.46. The van der Waals surface area contributed by atoms with Crippen molar-refractivity contribution in [3.63, 3.8) is 0 Å². The monoisotopic (exact) mass is 175 g/mol. The maximum Gasteiger partial charge on any atom is 0.101 e. The summed E-state index contributed by atoms with van der Waals surface area (Å²) in [6.45, 7) is 1.94. The van der Waals surface area contributed by atoms with Gasteiger partial charge < -0.3 is 11.5 Å². The molecule has 68 valence electrons. The second-order valence-electron chi connectivity index (χ2n) is 3.21. The first-order valence-corrected chi connectivity index (χ1v) is 4.17. The van der Waals surface area contributed by atoms with Gasteiger partial charge in [0, 0.05) is 11.7 Å². The van der Waals surface area contributed by atoms with Crippen LogP contribution >= 0.6 is 0 Å². The van der Waals surface area contributed by atoms with Crippen molar-refractivity contribution in [2.24, 2.45) is 5.73 Å². The summed E-state index contributed by atoms with van der Waals surface area (Å²) < 4.78 is 0. The molecule has 0 aliphatic carbocycles.